The summed E-state index contributed by atoms with van der Waals surface area (Å²) < 4.78 is 65.4. The summed E-state index contributed by atoms with van der Waals surface area (Å²) in [7, 11) is -3.54. The smallest absolute Gasteiger partial charge is 0.300 e. The van der Waals surface area contributed by atoms with Crippen LogP contribution in [-0.2, 0) is 16.0 Å². The predicted molar refractivity (Wildman–Crippen MR) is 107 cm³/mol. The Balaban J connectivity index is 2.14. The van der Waals surface area contributed by atoms with E-state index >= 15 is 0 Å². The Labute approximate surface area is 170 Å². The van der Waals surface area contributed by atoms with Gasteiger partial charge in [-0.25, -0.2) is 8.42 Å². The number of fused-ring (bicyclic) bond motifs is 1. The van der Waals surface area contributed by atoms with E-state index in [2.05, 4.69) is 12.2 Å². The van der Waals surface area contributed by atoms with E-state index in [1.807, 2.05) is 6.92 Å². The first kappa shape index (κ1) is 21.8. The molecule has 1 N–H and O–H groups in total. The molecule has 1 aliphatic heterocycles. The molecule has 0 aromatic heterocycles. The van der Waals surface area contributed by atoms with Crippen molar-refractivity contribution in [3.05, 3.63) is 65.2 Å². The molecule has 0 saturated carbocycles. The molecule has 0 spiro atoms. The van der Waals surface area contributed by atoms with Crippen LogP contribution in [0.3, 0.4) is 0 Å². The van der Waals surface area contributed by atoms with Crippen LogP contribution in [0, 0.1) is 0 Å². The van der Waals surface area contributed by atoms with E-state index in [4.69, 9.17) is 0 Å². The van der Waals surface area contributed by atoms with E-state index in [1.165, 1.54) is 12.1 Å². The third-order valence-electron chi connectivity index (χ3n) is 5.74. The maximum Gasteiger partial charge on any atom is 0.416 e. The van der Waals surface area contributed by atoms with Gasteiger partial charge in [-0.2, -0.15) is 13.2 Å². The fraction of sp³-hybridized carbons (Fsp3) is 0.455. The highest BCUT2D eigenvalue weighted by molar-refractivity contribution is 7.91. The summed E-state index contributed by atoms with van der Waals surface area (Å²) in [4.78, 5) is 0.254. The van der Waals surface area contributed by atoms with Crippen LogP contribution in [0.5, 0.6) is 0 Å². The van der Waals surface area contributed by atoms with Gasteiger partial charge in [-0.05, 0) is 42.2 Å². The molecule has 2 atom stereocenters. The fourth-order valence-corrected chi connectivity index (χ4v) is 6.18. The third kappa shape index (κ3) is 4.51. The van der Waals surface area contributed by atoms with Crippen LogP contribution in [-0.4, -0.2) is 19.7 Å². The van der Waals surface area contributed by atoms with Crippen LogP contribution in [0.4, 0.5) is 13.2 Å². The minimum absolute atomic E-state index is 0.0232. The van der Waals surface area contributed by atoms with Gasteiger partial charge in [0.25, 0.3) is 0 Å². The zero-order valence-electron chi connectivity index (χ0n) is 16.6. The van der Waals surface area contributed by atoms with E-state index in [0.717, 1.165) is 25.0 Å². The SMILES string of the molecule is CCCC[C@@]1(CC)CS(=O)(=O)c2ccccc2[C@@H](c2ccc(C(F)(F)F)cc2)N1. The van der Waals surface area contributed by atoms with Crippen molar-refractivity contribution >= 4 is 9.84 Å². The standard InChI is InChI=1S/C22H26F3NO2S/c1-3-5-14-21(4-2)15-29(27,28)19-9-7-6-8-18(19)20(26-21)16-10-12-17(13-11-16)22(23,24)25/h6-13,20,26H,3-5,14-15H2,1-2H3/t20-,21+/m1/s1. The van der Waals surface area contributed by atoms with Gasteiger partial charge < -0.3 is 0 Å². The molecule has 158 valence electrons. The second kappa shape index (κ2) is 8.11. The summed E-state index contributed by atoms with van der Waals surface area (Å²) in [6.45, 7) is 4.01. The van der Waals surface area contributed by atoms with E-state index in [1.54, 1.807) is 24.3 Å². The Kier molecular flexibility index (Phi) is 6.11. The summed E-state index contributed by atoms with van der Waals surface area (Å²) >= 11 is 0. The number of hydrogen-bond donors (Lipinski definition) is 1. The van der Waals surface area contributed by atoms with Gasteiger partial charge >= 0.3 is 6.18 Å². The summed E-state index contributed by atoms with van der Waals surface area (Å²) in [5, 5.41) is 3.54. The summed E-state index contributed by atoms with van der Waals surface area (Å²) in [6, 6.07) is 11.3. The molecule has 0 radical (unpaired) electrons. The molecule has 2 aromatic rings. The van der Waals surface area contributed by atoms with E-state index in [9.17, 15) is 21.6 Å². The quantitative estimate of drug-likeness (QED) is 0.687. The highest BCUT2D eigenvalue weighted by Crippen LogP contribution is 2.38. The van der Waals surface area contributed by atoms with Gasteiger partial charge in [0.05, 0.1) is 22.3 Å². The predicted octanol–water partition coefficient (Wildman–Crippen LogP) is 5.51. The average molecular weight is 426 g/mol. The Morgan fingerprint density at radius 2 is 1.72 bits per heavy atom. The topological polar surface area (TPSA) is 46.2 Å². The van der Waals surface area contributed by atoms with Gasteiger partial charge in [-0.15, -0.1) is 0 Å². The molecule has 0 aliphatic carbocycles. The normalized spacial score (nSPS) is 24.0. The van der Waals surface area contributed by atoms with Crippen molar-refractivity contribution < 1.29 is 21.6 Å². The van der Waals surface area contributed by atoms with E-state index in [0.29, 0.717) is 24.0 Å². The average Bonchev–Trinajstić information content (AvgIpc) is 2.79. The summed E-state index contributed by atoms with van der Waals surface area (Å²) in [6.07, 6.45) is -1.32. The van der Waals surface area contributed by atoms with Crippen LogP contribution in [0.1, 0.15) is 62.3 Å². The van der Waals surface area contributed by atoms with Gasteiger partial charge in [-0.1, -0.05) is 57.0 Å². The molecule has 0 fully saturated rings. The lowest BCUT2D eigenvalue weighted by Crippen LogP contribution is -2.50. The third-order valence-corrected chi connectivity index (χ3v) is 7.71. The molecule has 0 bridgehead atoms. The van der Waals surface area contributed by atoms with E-state index in [-0.39, 0.29) is 10.6 Å². The van der Waals surface area contributed by atoms with Crippen molar-refractivity contribution in [2.45, 2.75) is 62.2 Å². The van der Waals surface area contributed by atoms with Crippen molar-refractivity contribution in [3.63, 3.8) is 0 Å². The summed E-state index contributed by atoms with van der Waals surface area (Å²) in [5.41, 5.74) is -0.152. The monoisotopic (exact) mass is 425 g/mol. The Morgan fingerprint density at radius 1 is 1.07 bits per heavy atom. The highest BCUT2D eigenvalue weighted by Gasteiger charge is 2.41. The van der Waals surface area contributed by atoms with Crippen LogP contribution in [0.15, 0.2) is 53.4 Å². The van der Waals surface area contributed by atoms with Gasteiger partial charge in [0.15, 0.2) is 9.84 Å². The largest absolute Gasteiger partial charge is 0.416 e. The molecule has 3 nitrogen and oxygen atoms in total. The van der Waals surface area contributed by atoms with Crippen molar-refractivity contribution in [3.8, 4) is 0 Å². The Hall–Kier alpha value is -1.86. The maximum absolute atomic E-state index is 13.2. The van der Waals surface area contributed by atoms with Gasteiger partial charge in [0, 0.05) is 5.54 Å². The molecule has 1 aliphatic rings. The fourth-order valence-electron chi connectivity index (χ4n) is 4.04. The number of nitrogens with one attached hydrogen (secondary N) is 1. The van der Waals surface area contributed by atoms with Crippen molar-refractivity contribution in [2.75, 3.05) is 5.75 Å². The van der Waals surface area contributed by atoms with Gasteiger partial charge in [0.2, 0.25) is 0 Å². The van der Waals surface area contributed by atoms with Crippen LogP contribution >= 0.6 is 0 Å². The minimum atomic E-state index is -4.41. The van der Waals surface area contributed by atoms with Crippen molar-refractivity contribution in [2.24, 2.45) is 0 Å². The number of hydrogen-bond acceptors (Lipinski definition) is 3. The van der Waals surface area contributed by atoms with Crippen molar-refractivity contribution in [1.29, 1.82) is 0 Å². The Bertz CT molecular complexity index is 955. The molecule has 0 unspecified atom stereocenters. The lowest BCUT2D eigenvalue weighted by molar-refractivity contribution is -0.137. The molecule has 0 saturated heterocycles. The molecule has 3 rings (SSSR count). The molecular weight excluding hydrogens is 399 g/mol. The Morgan fingerprint density at radius 3 is 2.31 bits per heavy atom. The van der Waals surface area contributed by atoms with Crippen LogP contribution < -0.4 is 5.32 Å². The zero-order chi connectivity index (χ0) is 21.3. The number of benzene rings is 2. The lowest BCUT2D eigenvalue weighted by Gasteiger charge is -2.36. The van der Waals surface area contributed by atoms with E-state index < -0.39 is 33.2 Å². The van der Waals surface area contributed by atoms with Crippen LogP contribution in [0.25, 0.3) is 0 Å². The number of halogens is 3. The minimum Gasteiger partial charge on any atom is -0.300 e. The number of unbranched alkanes of at least 4 members (excludes halogenated alkanes) is 1. The van der Waals surface area contributed by atoms with Crippen LogP contribution in [0.2, 0.25) is 0 Å². The van der Waals surface area contributed by atoms with Crippen molar-refractivity contribution in [1.82, 2.24) is 5.32 Å². The molecule has 2 aromatic carbocycles. The number of alkyl halides is 3. The lowest BCUT2D eigenvalue weighted by atomic mass is 9.88. The summed E-state index contributed by atoms with van der Waals surface area (Å²) in [5.74, 6) is -0.0232. The second-order valence-electron chi connectivity index (χ2n) is 7.73. The molecule has 29 heavy (non-hydrogen) atoms. The number of sulfone groups is 1. The molecule has 1 heterocycles. The first-order chi connectivity index (χ1) is 13.6. The van der Waals surface area contributed by atoms with Gasteiger partial charge in [0.1, 0.15) is 0 Å². The number of rotatable bonds is 5. The first-order valence-corrected chi connectivity index (χ1v) is 11.5. The molecule has 7 heteroatoms. The second-order valence-corrected chi connectivity index (χ2v) is 9.69. The first-order valence-electron chi connectivity index (χ1n) is 9.88. The van der Waals surface area contributed by atoms with Gasteiger partial charge in [-0.3, -0.25) is 5.32 Å². The highest BCUT2D eigenvalue weighted by atomic mass is 32.2. The molecular formula is C22H26F3NO2S. The molecule has 0 amide bonds. The zero-order valence-corrected chi connectivity index (χ0v) is 17.4. The maximum atomic E-state index is 13.2.